The Morgan fingerprint density at radius 1 is 1.00 bits per heavy atom. The van der Waals surface area contributed by atoms with Crippen molar-refractivity contribution in [3.05, 3.63) is 53.8 Å². The van der Waals surface area contributed by atoms with E-state index in [1.54, 1.807) is 0 Å². The molecule has 1 aromatic heterocycles. The van der Waals surface area contributed by atoms with Crippen molar-refractivity contribution in [2.75, 3.05) is 0 Å². The molecule has 4 rings (SSSR count). The van der Waals surface area contributed by atoms with Gasteiger partial charge in [0.2, 0.25) is 0 Å². The molecule has 1 aromatic carbocycles. The third kappa shape index (κ3) is 1.20. The quantitative estimate of drug-likeness (QED) is 0.654. The topological polar surface area (TPSA) is 17.3 Å². The van der Waals surface area contributed by atoms with Gasteiger partial charge >= 0.3 is 0 Å². The number of para-hydroxylation sites is 1. The molecular weight excluding hydrogens is 220 g/mol. The van der Waals surface area contributed by atoms with Crippen LogP contribution in [0.4, 0.5) is 5.69 Å². The van der Waals surface area contributed by atoms with Gasteiger partial charge in [0.1, 0.15) is 0 Å². The monoisotopic (exact) mass is 232 g/mol. The first-order valence-corrected chi connectivity index (χ1v) is 6.14. The average molecular weight is 232 g/mol. The Morgan fingerprint density at radius 2 is 1.89 bits per heavy atom. The molecule has 18 heavy (non-hydrogen) atoms. The van der Waals surface area contributed by atoms with Crippen LogP contribution in [0.15, 0.2) is 47.5 Å². The van der Waals surface area contributed by atoms with E-state index in [0.717, 1.165) is 12.2 Å². The number of hydrogen-bond donors (Lipinski definition) is 0. The van der Waals surface area contributed by atoms with Gasteiger partial charge in [0, 0.05) is 22.9 Å². The summed E-state index contributed by atoms with van der Waals surface area (Å²) in [6.07, 6.45) is 14.6. The van der Waals surface area contributed by atoms with Crippen molar-refractivity contribution in [1.29, 1.82) is 0 Å². The lowest BCUT2D eigenvalue weighted by molar-refractivity contribution is 0.887. The molecule has 0 fully saturated rings. The normalized spacial score (nSPS) is 15.8. The minimum Gasteiger partial charge on any atom is -0.333 e. The highest BCUT2D eigenvalue weighted by molar-refractivity contribution is 6.02. The van der Waals surface area contributed by atoms with E-state index in [1.165, 1.54) is 22.2 Å². The smallest absolute Gasteiger partial charge is 0.0869 e. The van der Waals surface area contributed by atoms with Crippen LogP contribution in [0, 0.1) is 0 Å². The summed E-state index contributed by atoms with van der Waals surface area (Å²) < 4.78 is 2.34. The number of aliphatic imine (C=N–C) groups is 1. The summed E-state index contributed by atoms with van der Waals surface area (Å²) in [5.41, 5.74) is 4.88. The maximum Gasteiger partial charge on any atom is 0.0869 e. The number of aromatic nitrogens is 1. The van der Waals surface area contributed by atoms with Gasteiger partial charge in [-0.2, -0.15) is 0 Å². The summed E-state index contributed by atoms with van der Waals surface area (Å²) in [5, 5.41) is 1.29. The summed E-state index contributed by atoms with van der Waals surface area (Å²) in [6.45, 7) is 0.852. The number of nitrogens with zero attached hydrogens (tertiary/aromatic N) is 2. The van der Waals surface area contributed by atoms with Crippen LogP contribution in [0.3, 0.4) is 0 Å². The molecule has 1 aliphatic heterocycles. The lowest BCUT2D eigenvalue weighted by atomic mass is 10.1. The molecule has 1 aliphatic carbocycles. The van der Waals surface area contributed by atoms with Crippen molar-refractivity contribution in [3.8, 4) is 0 Å². The first-order valence-electron chi connectivity index (χ1n) is 6.14. The predicted molar refractivity (Wildman–Crippen MR) is 77.3 cm³/mol. The van der Waals surface area contributed by atoms with Gasteiger partial charge in [0.15, 0.2) is 0 Å². The van der Waals surface area contributed by atoms with Crippen LogP contribution in [0.1, 0.15) is 11.3 Å². The van der Waals surface area contributed by atoms with Crippen molar-refractivity contribution in [1.82, 2.24) is 4.57 Å². The molecular formula is C16H12N2. The van der Waals surface area contributed by atoms with Gasteiger partial charge in [-0.15, -0.1) is 0 Å². The van der Waals surface area contributed by atoms with Crippen LogP contribution < -0.4 is 0 Å². The van der Waals surface area contributed by atoms with Crippen LogP contribution in [-0.2, 0) is 6.54 Å². The first kappa shape index (κ1) is 9.66. The maximum atomic E-state index is 4.49. The van der Waals surface area contributed by atoms with Gasteiger partial charge in [-0.3, -0.25) is 4.99 Å². The average Bonchev–Trinajstić information content (AvgIpc) is 2.65. The molecule has 0 unspecified atom stereocenters. The molecule has 2 heteroatoms. The molecule has 0 saturated heterocycles. The van der Waals surface area contributed by atoms with E-state index in [9.17, 15) is 0 Å². The Balaban J connectivity index is 2.19. The minimum absolute atomic E-state index is 0.852. The van der Waals surface area contributed by atoms with E-state index in [4.69, 9.17) is 0 Å². The number of fused-ring (bicyclic) bond motifs is 3. The highest BCUT2D eigenvalue weighted by Gasteiger charge is 2.17. The van der Waals surface area contributed by atoms with Crippen molar-refractivity contribution < 1.29 is 0 Å². The molecule has 2 heterocycles. The van der Waals surface area contributed by atoms with Gasteiger partial charge in [-0.25, -0.2) is 0 Å². The van der Waals surface area contributed by atoms with E-state index in [2.05, 4.69) is 64.2 Å². The first-order chi connectivity index (χ1) is 8.95. The highest BCUT2D eigenvalue weighted by Crippen LogP contribution is 2.36. The van der Waals surface area contributed by atoms with Gasteiger partial charge in [-0.05, 0) is 12.1 Å². The fourth-order valence-corrected chi connectivity index (χ4v) is 2.73. The Morgan fingerprint density at radius 3 is 2.83 bits per heavy atom. The number of rotatable bonds is 0. The maximum absolute atomic E-state index is 4.49. The fourth-order valence-electron chi connectivity index (χ4n) is 2.73. The molecule has 0 saturated carbocycles. The standard InChI is InChI=1S/C16H12N2/c1-2-4-9-15-12(6-3-1)13-7-5-8-14-16(13)18(15)11-10-17-14/h1-10H,11H2. The summed E-state index contributed by atoms with van der Waals surface area (Å²) in [4.78, 5) is 4.49. The van der Waals surface area contributed by atoms with Gasteiger partial charge in [0.25, 0.3) is 0 Å². The van der Waals surface area contributed by atoms with Crippen LogP contribution in [0.25, 0.3) is 23.1 Å². The van der Waals surface area contributed by atoms with Crippen molar-refractivity contribution in [2.45, 2.75) is 6.54 Å². The second-order valence-electron chi connectivity index (χ2n) is 4.50. The largest absolute Gasteiger partial charge is 0.333 e. The third-order valence-electron chi connectivity index (χ3n) is 3.49. The zero-order chi connectivity index (χ0) is 11.9. The molecule has 0 spiro atoms. The predicted octanol–water partition coefficient (Wildman–Crippen LogP) is 3.95. The Kier molecular flexibility index (Phi) is 1.92. The van der Waals surface area contributed by atoms with Gasteiger partial charge in [-0.1, -0.05) is 42.5 Å². The van der Waals surface area contributed by atoms with Crippen molar-refractivity contribution in [3.63, 3.8) is 0 Å². The Hall–Kier alpha value is -2.35. The molecule has 0 N–H and O–H groups in total. The minimum atomic E-state index is 0.852. The highest BCUT2D eigenvalue weighted by atomic mass is 15.0. The van der Waals surface area contributed by atoms with Crippen LogP contribution in [0.5, 0.6) is 0 Å². The molecule has 2 aliphatic rings. The number of hydrogen-bond acceptors (Lipinski definition) is 1. The van der Waals surface area contributed by atoms with E-state index in [-0.39, 0.29) is 0 Å². The molecule has 2 aromatic rings. The van der Waals surface area contributed by atoms with Crippen LogP contribution >= 0.6 is 0 Å². The molecule has 0 amide bonds. The lowest BCUT2D eigenvalue weighted by Gasteiger charge is -2.11. The second kappa shape index (κ2) is 3.57. The molecule has 86 valence electrons. The molecule has 0 atom stereocenters. The summed E-state index contributed by atoms with van der Waals surface area (Å²) >= 11 is 0. The van der Waals surface area contributed by atoms with Crippen molar-refractivity contribution >= 4 is 35.0 Å². The Labute approximate surface area is 105 Å². The molecule has 2 nitrogen and oxygen atoms in total. The zero-order valence-electron chi connectivity index (χ0n) is 9.88. The number of benzene rings is 1. The Bertz CT molecular complexity index is 755. The summed E-state index contributed by atoms with van der Waals surface area (Å²) in [6, 6.07) is 6.34. The zero-order valence-corrected chi connectivity index (χ0v) is 9.88. The third-order valence-corrected chi connectivity index (χ3v) is 3.49. The van der Waals surface area contributed by atoms with Crippen LogP contribution in [-0.4, -0.2) is 10.8 Å². The van der Waals surface area contributed by atoms with Gasteiger partial charge < -0.3 is 4.57 Å². The second-order valence-corrected chi connectivity index (χ2v) is 4.50. The van der Waals surface area contributed by atoms with Crippen LogP contribution in [0.2, 0.25) is 0 Å². The summed E-state index contributed by atoms with van der Waals surface area (Å²) in [5.74, 6) is 0. The number of allylic oxidation sites excluding steroid dienone is 4. The lowest BCUT2D eigenvalue weighted by Crippen LogP contribution is -2.04. The molecule has 0 bridgehead atoms. The van der Waals surface area contributed by atoms with Crippen molar-refractivity contribution in [2.24, 2.45) is 4.99 Å². The van der Waals surface area contributed by atoms with E-state index in [1.807, 2.05) is 6.21 Å². The SMILES string of the molecule is C1=CC=Cc2c(c3cccc4c3n2CC=N4)C=C1. The van der Waals surface area contributed by atoms with Gasteiger partial charge in [0.05, 0.1) is 17.7 Å². The van der Waals surface area contributed by atoms with E-state index >= 15 is 0 Å². The van der Waals surface area contributed by atoms with E-state index in [0.29, 0.717) is 0 Å². The molecule has 0 radical (unpaired) electrons. The summed E-state index contributed by atoms with van der Waals surface area (Å²) in [7, 11) is 0. The fraction of sp³-hybridized carbons (Fsp3) is 0.0625. The van der Waals surface area contributed by atoms with E-state index < -0.39 is 0 Å².